The summed E-state index contributed by atoms with van der Waals surface area (Å²) >= 11 is 0. The number of unbranched alkanes of at least 4 members (excludes halogenated alkanes) is 11. The molecule has 0 saturated carbocycles. The lowest BCUT2D eigenvalue weighted by Gasteiger charge is -2.55. The van der Waals surface area contributed by atoms with E-state index in [2.05, 4.69) is 36.2 Å². The molecule has 0 bridgehead atoms. The van der Waals surface area contributed by atoms with Gasteiger partial charge in [0.2, 0.25) is 0 Å². The zero-order valence-corrected chi connectivity index (χ0v) is 29.6. The molecule has 0 amide bonds. The first-order chi connectivity index (χ1) is 22.9. The quantitative estimate of drug-likeness (QED) is 0.0965. The number of ether oxygens (including phenoxy) is 4. The summed E-state index contributed by atoms with van der Waals surface area (Å²) in [6, 6.07) is 0.350. The topological polar surface area (TPSA) is 98.7 Å². The third-order valence-corrected chi connectivity index (χ3v) is 11.3. The number of rotatable bonds is 17. The Balaban J connectivity index is 1.06. The molecule has 0 radical (unpaired) electrons. The lowest BCUT2D eigenvalue weighted by atomic mass is 9.80. The van der Waals surface area contributed by atoms with Crippen LogP contribution in [0.2, 0.25) is 0 Å². The maximum absolute atomic E-state index is 14.0. The number of guanidine groups is 1. The van der Waals surface area contributed by atoms with E-state index in [1.165, 1.54) is 58.5 Å². The van der Waals surface area contributed by atoms with Gasteiger partial charge in [-0.2, -0.15) is 0 Å². The maximum atomic E-state index is 14.0. The number of hydrogen-bond acceptors (Lipinski definition) is 9. The third-order valence-electron chi connectivity index (χ3n) is 11.3. The van der Waals surface area contributed by atoms with Crippen LogP contribution in [0.5, 0.6) is 0 Å². The molecular weight excluding hydrogens is 594 g/mol. The lowest BCUT2D eigenvalue weighted by molar-refractivity contribution is -0.194. The van der Waals surface area contributed by atoms with E-state index in [0.29, 0.717) is 19.1 Å². The Morgan fingerprint density at radius 1 is 0.957 bits per heavy atom. The zero-order chi connectivity index (χ0) is 33.1. The van der Waals surface area contributed by atoms with Gasteiger partial charge in [0.1, 0.15) is 11.6 Å². The van der Waals surface area contributed by atoms with Crippen LogP contribution in [0, 0.1) is 5.92 Å². The second-order valence-corrected chi connectivity index (χ2v) is 14.9. The number of methoxy groups -OCH3 is 1. The highest BCUT2D eigenvalue weighted by Gasteiger charge is 2.62. The van der Waals surface area contributed by atoms with Gasteiger partial charge >= 0.3 is 11.9 Å². The largest absolute Gasteiger partial charge is 0.469 e. The van der Waals surface area contributed by atoms with Gasteiger partial charge in [-0.3, -0.25) is 9.59 Å². The molecule has 1 unspecified atom stereocenters. The van der Waals surface area contributed by atoms with Gasteiger partial charge in [-0.25, -0.2) is 4.99 Å². The molecule has 1 N–H and O–H groups in total. The molecule has 47 heavy (non-hydrogen) atoms. The summed E-state index contributed by atoms with van der Waals surface area (Å²) in [6.07, 6.45) is 27.8. The summed E-state index contributed by atoms with van der Waals surface area (Å²) in [4.78, 5) is 32.9. The van der Waals surface area contributed by atoms with Crippen molar-refractivity contribution in [3.8, 4) is 0 Å². The molecule has 2 spiro atoms. The molecule has 3 saturated heterocycles. The minimum Gasteiger partial charge on any atom is -0.469 e. The molecule has 9 nitrogen and oxygen atoms in total. The van der Waals surface area contributed by atoms with Crippen LogP contribution in [-0.4, -0.2) is 72.3 Å². The van der Waals surface area contributed by atoms with Crippen LogP contribution in [0.3, 0.4) is 0 Å². The Bertz CT molecular complexity index is 1080. The van der Waals surface area contributed by atoms with Gasteiger partial charge in [-0.15, -0.1) is 0 Å². The van der Waals surface area contributed by atoms with E-state index in [1.807, 2.05) is 0 Å². The fraction of sp³-hybridized carbons (Fsp3) is 0.868. The number of hydrogen-bond donors (Lipinski definition) is 1. The molecule has 5 rings (SSSR count). The number of allylic oxidation sites excluding steroid dienone is 1. The Labute approximate surface area is 284 Å². The number of nitrogens with zero attached hydrogens (tertiary/aromatic N) is 2. The molecule has 0 aromatic heterocycles. The maximum Gasteiger partial charge on any atom is 0.316 e. The average molecular weight is 658 g/mol. The highest BCUT2D eigenvalue weighted by atomic mass is 16.6. The first kappa shape index (κ1) is 36.2. The minimum absolute atomic E-state index is 0.0425. The third kappa shape index (κ3) is 9.31. The predicted molar refractivity (Wildman–Crippen MR) is 184 cm³/mol. The second kappa shape index (κ2) is 17.5. The van der Waals surface area contributed by atoms with Crippen molar-refractivity contribution in [2.24, 2.45) is 10.9 Å². The standard InChI is InChI=1S/C38H63N3O6/c1-4-31-21-16-17-25-37(47-31)28-30-23-24-32-34(38(26-19-20-29(2)46-38)40-36(39-37)41(30)32)35(43)45-27-18-14-12-10-8-6-5-7-9-11-13-15-22-33(42)44-3/h16,21,29-32,34H,4-15,17-20,22-28H2,1-3H3,(H,39,40)/t29-,30+,31+,32-,34?,37+,38-/m1/s1. The Morgan fingerprint density at radius 3 is 2.34 bits per heavy atom. The molecule has 0 aromatic carbocycles. The van der Waals surface area contributed by atoms with Crippen molar-refractivity contribution >= 4 is 17.9 Å². The van der Waals surface area contributed by atoms with E-state index in [9.17, 15) is 9.59 Å². The number of esters is 2. The molecule has 266 valence electrons. The van der Waals surface area contributed by atoms with Gasteiger partial charge in [0.15, 0.2) is 11.7 Å². The van der Waals surface area contributed by atoms with Crippen LogP contribution in [0.1, 0.15) is 155 Å². The van der Waals surface area contributed by atoms with Crippen molar-refractivity contribution < 1.29 is 28.5 Å². The number of carbonyl (C=O) groups is 2. The number of nitrogens with one attached hydrogen (secondary N) is 1. The van der Waals surface area contributed by atoms with Crippen molar-refractivity contribution in [2.75, 3.05) is 13.7 Å². The van der Waals surface area contributed by atoms with Crippen molar-refractivity contribution in [3.05, 3.63) is 12.2 Å². The van der Waals surface area contributed by atoms with E-state index < -0.39 is 17.4 Å². The molecule has 3 fully saturated rings. The summed E-state index contributed by atoms with van der Waals surface area (Å²) in [5.74, 6) is 0.248. The molecule has 0 aromatic rings. The van der Waals surface area contributed by atoms with Gasteiger partial charge in [0.05, 0.1) is 32.0 Å². The van der Waals surface area contributed by atoms with Crippen LogP contribution in [0.15, 0.2) is 17.1 Å². The van der Waals surface area contributed by atoms with Gasteiger partial charge in [0, 0.05) is 18.9 Å². The summed E-state index contributed by atoms with van der Waals surface area (Å²) in [5, 5.41) is 3.79. The van der Waals surface area contributed by atoms with E-state index in [0.717, 1.165) is 89.4 Å². The normalized spacial score (nSPS) is 32.9. The minimum atomic E-state index is -0.873. The highest BCUT2D eigenvalue weighted by molar-refractivity contribution is 5.87. The lowest BCUT2D eigenvalue weighted by Crippen LogP contribution is -2.71. The molecule has 5 aliphatic heterocycles. The van der Waals surface area contributed by atoms with Crippen molar-refractivity contribution in [2.45, 2.75) is 191 Å². The Hall–Kier alpha value is -2.13. The van der Waals surface area contributed by atoms with E-state index in [4.69, 9.17) is 23.9 Å². The smallest absolute Gasteiger partial charge is 0.316 e. The monoisotopic (exact) mass is 657 g/mol. The first-order valence-electron chi connectivity index (χ1n) is 19.3. The fourth-order valence-electron chi connectivity index (χ4n) is 8.78. The average Bonchev–Trinajstić information content (AvgIpc) is 3.36. The molecular formula is C38H63N3O6. The molecule has 0 aliphatic carbocycles. The zero-order valence-electron chi connectivity index (χ0n) is 29.6. The summed E-state index contributed by atoms with van der Waals surface area (Å²) in [7, 11) is 1.46. The fourth-order valence-corrected chi connectivity index (χ4v) is 8.78. The summed E-state index contributed by atoms with van der Waals surface area (Å²) in [6.45, 7) is 4.77. The van der Waals surface area contributed by atoms with Gasteiger partial charge in [-0.1, -0.05) is 83.3 Å². The van der Waals surface area contributed by atoms with E-state index in [-0.39, 0.29) is 30.2 Å². The Kier molecular flexibility index (Phi) is 13.5. The second-order valence-electron chi connectivity index (χ2n) is 14.9. The van der Waals surface area contributed by atoms with Crippen molar-refractivity contribution in [3.63, 3.8) is 0 Å². The molecule has 7 atom stereocenters. The predicted octanol–water partition coefficient (Wildman–Crippen LogP) is 7.71. The first-order valence-corrected chi connectivity index (χ1v) is 19.3. The van der Waals surface area contributed by atoms with Gasteiger partial charge in [-0.05, 0) is 71.1 Å². The van der Waals surface area contributed by atoms with Gasteiger partial charge in [0.25, 0.3) is 0 Å². The van der Waals surface area contributed by atoms with Crippen LogP contribution >= 0.6 is 0 Å². The van der Waals surface area contributed by atoms with Crippen LogP contribution in [-0.2, 0) is 28.5 Å². The summed E-state index contributed by atoms with van der Waals surface area (Å²) < 4.78 is 24.2. The van der Waals surface area contributed by atoms with E-state index in [1.54, 1.807) is 0 Å². The number of aliphatic imine (C=N–C) groups is 1. The van der Waals surface area contributed by atoms with Crippen molar-refractivity contribution in [1.82, 2.24) is 10.2 Å². The summed E-state index contributed by atoms with van der Waals surface area (Å²) in [5.41, 5.74) is -1.30. The van der Waals surface area contributed by atoms with Crippen LogP contribution < -0.4 is 5.32 Å². The number of carbonyl (C=O) groups excluding carboxylic acids is 2. The van der Waals surface area contributed by atoms with Crippen LogP contribution in [0.25, 0.3) is 0 Å². The highest BCUT2D eigenvalue weighted by Crippen LogP contribution is 2.50. The molecule has 5 aliphatic rings. The van der Waals surface area contributed by atoms with Crippen molar-refractivity contribution in [1.29, 1.82) is 0 Å². The molecule has 9 heteroatoms. The SMILES string of the molecule is CC[C@H]1C=CCC[C@@]2(C[C@@H]3CC[C@@H]4C(C(=O)OCCCCCCCCCCCCCCC(=O)OC)[C@]5(CCC[C@@H](C)O5)N=C(N2)N34)O1. The molecule has 5 heterocycles. The Morgan fingerprint density at radius 2 is 1.66 bits per heavy atom. The van der Waals surface area contributed by atoms with Gasteiger partial charge < -0.3 is 29.2 Å². The van der Waals surface area contributed by atoms with E-state index >= 15 is 0 Å². The van der Waals surface area contributed by atoms with Crippen LogP contribution in [0.4, 0.5) is 0 Å².